The third-order valence-electron chi connectivity index (χ3n) is 2.38. The predicted molar refractivity (Wildman–Crippen MR) is 60.6 cm³/mol. The van der Waals surface area contributed by atoms with E-state index < -0.39 is 34.9 Å². The van der Waals surface area contributed by atoms with E-state index in [1.807, 2.05) is 0 Å². The third kappa shape index (κ3) is 2.78. The quantitative estimate of drug-likeness (QED) is 0.445. The second-order valence-electron chi connectivity index (χ2n) is 4.40. The lowest BCUT2D eigenvalue weighted by Crippen LogP contribution is -2.41. The molecule has 0 atom stereocenters. The van der Waals surface area contributed by atoms with Crippen molar-refractivity contribution < 1.29 is 27.8 Å². The number of rotatable bonds is 1. The molecule has 2 rings (SSSR count). The minimum absolute atomic E-state index is 0.106. The van der Waals surface area contributed by atoms with Crippen LogP contribution in [0.15, 0.2) is 23.8 Å². The van der Waals surface area contributed by atoms with Gasteiger partial charge in [-0.25, -0.2) is 18.4 Å². The normalized spacial score (nSPS) is 17.8. The van der Waals surface area contributed by atoms with Crippen LogP contribution in [0, 0.1) is 11.6 Å². The van der Waals surface area contributed by atoms with E-state index in [0.29, 0.717) is 6.07 Å². The highest BCUT2D eigenvalue weighted by atomic mass is 19.1. The molecule has 1 aliphatic rings. The lowest BCUT2D eigenvalue weighted by atomic mass is 10.1. The second kappa shape index (κ2) is 4.46. The molecule has 19 heavy (non-hydrogen) atoms. The van der Waals surface area contributed by atoms with Crippen molar-refractivity contribution in [2.24, 2.45) is 0 Å². The Morgan fingerprint density at radius 2 is 1.68 bits per heavy atom. The monoisotopic (exact) mass is 268 g/mol. The molecule has 0 amide bonds. The van der Waals surface area contributed by atoms with Crippen LogP contribution >= 0.6 is 0 Å². The number of carbonyl (C=O) groups excluding carboxylic acids is 2. The fourth-order valence-corrected chi connectivity index (χ4v) is 1.55. The molecule has 6 heteroatoms. The molecule has 0 aromatic heterocycles. The first-order valence-corrected chi connectivity index (χ1v) is 5.42. The van der Waals surface area contributed by atoms with Crippen molar-refractivity contribution in [1.82, 2.24) is 0 Å². The summed E-state index contributed by atoms with van der Waals surface area (Å²) in [6.45, 7) is 2.80. The first kappa shape index (κ1) is 13.2. The summed E-state index contributed by atoms with van der Waals surface area (Å²) in [4.78, 5) is 23.2. The number of ether oxygens (including phenoxy) is 2. The Labute approximate surface area is 107 Å². The van der Waals surface area contributed by atoms with E-state index in [2.05, 4.69) is 0 Å². The minimum atomic E-state index is -1.35. The average molecular weight is 268 g/mol. The number of cyclic esters (lactones) is 2. The van der Waals surface area contributed by atoms with Gasteiger partial charge >= 0.3 is 11.9 Å². The first-order chi connectivity index (χ1) is 8.78. The van der Waals surface area contributed by atoms with Crippen LogP contribution in [0.2, 0.25) is 0 Å². The van der Waals surface area contributed by atoms with Gasteiger partial charge in [0.05, 0.1) is 0 Å². The van der Waals surface area contributed by atoms with E-state index in [0.717, 1.165) is 18.2 Å². The summed E-state index contributed by atoms with van der Waals surface area (Å²) in [5.74, 6) is -4.82. The van der Waals surface area contributed by atoms with Gasteiger partial charge in [0.1, 0.15) is 17.2 Å². The molecular weight excluding hydrogens is 258 g/mol. The van der Waals surface area contributed by atoms with Crippen LogP contribution in [-0.2, 0) is 19.1 Å². The maximum atomic E-state index is 13.4. The standard InChI is InChI=1S/C13H10F2O4/c1-13(2)18-11(16)9(12(17)19-13)5-7-3-4-8(14)6-10(7)15/h3-6H,1-2H3. The van der Waals surface area contributed by atoms with Crippen LogP contribution in [0.3, 0.4) is 0 Å². The Kier molecular flexibility index (Phi) is 3.09. The number of esters is 2. The second-order valence-corrected chi connectivity index (χ2v) is 4.40. The van der Waals surface area contributed by atoms with E-state index in [-0.39, 0.29) is 5.56 Å². The summed E-state index contributed by atoms with van der Waals surface area (Å²) in [6.07, 6.45) is 0.967. The van der Waals surface area contributed by atoms with Gasteiger partial charge in [-0.15, -0.1) is 0 Å². The van der Waals surface area contributed by atoms with Crippen molar-refractivity contribution in [3.8, 4) is 0 Å². The molecule has 0 spiro atoms. The lowest BCUT2D eigenvalue weighted by molar-refractivity contribution is -0.222. The summed E-state index contributed by atoms with van der Waals surface area (Å²) in [6, 6.07) is 2.77. The van der Waals surface area contributed by atoms with Gasteiger partial charge < -0.3 is 9.47 Å². The van der Waals surface area contributed by atoms with E-state index in [9.17, 15) is 18.4 Å². The topological polar surface area (TPSA) is 52.6 Å². The summed E-state index contributed by atoms with van der Waals surface area (Å²) in [5, 5.41) is 0. The fraction of sp³-hybridized carbons (Fsp3) is 0.231. The highest BCUT2D eigenvalue weighted by Crippen LogP contribution is 2.24. The first-order valence-electron chi connectivity index (χ1n) is 5.42. The SMILES string of the molecule is CC1(C)OC(=O)C(=Cc2ccc(F)cc2F)C(=O)O1. The van der Waals surface area contributed by atoms with E-state index in [4.69, 9.17) is 9.47 Å². The number of carbonyl (C=O) groups is 2. The van der Waals surface area contributed by atoms with Crippen LogP contribution in [-0.4, -0.2) is 17.7 Å². The van der Waals surface area contributed by atoms with E-state index >= 15 is 0 Å². The van der Waals surface area contributed by atoms with Gasteiger partial charge in [0, 0.05) is 25.5 Å². The Balaban J connectivity index is 2.38. The molecule has 1 aromatic carbocycles. The fourth-order valence-electron chi connectivity index (χ4n) is 1.55. The Bertz CT molecular complexity index is 568. The number of halogens is 2. The average Bonchev–Trinajstić information content (AvgIpc) is 2.24. The summed E-state index contributed by atoms with van der Waals surface area (Å²) < 4.78 is 35.9. The largest absolute Gasteiger partial charge is 0.419 e. The van der Waals surface area contributed by atoms with Gasteiger partial charge in [-0.3, -0.25) is 0 Å². The van der Waals surface area contributed by atoms with Crippen molar-refractivity contribution in [3.05, 3.63) is 41.0 Å². The Morgan fingerprint density at radius 3 is 2.21 bits per heavy atom. The molecule has 1 fully saturated rings. The molecule has 0 unspecified atom stereocenters. The molecule has 0 bridgehead atoms. The van der Waals surface area contributed by atoms with E-state index in [1.165, 1.54) is 13.8 Å². The zero-order valence-corrected chi connectivity index (χ0v) is 10.2. The molecule has 4 nitrogen and oxygen atoms in total. The van der Waals surface area contributed by atoms with Crippen molar-refractivity contribution in [2.75, 3.05) is 0 Å². The number of hydrogen-bond acceptors (Lipinski definition) is 4. The van der Waals surface area contributed by atoms with Gasteiger partial charge in [-0.05, 0) is 18.2 Å². The smallest absolute Gasteiger partial charge is 0.348 e. The molecule has 1 heterocycles. The third-order valence-corrected chi connectivity index (χ3v) is 2.38. The molecular formula is C13H10F2O4. The highest BCUT2D eigenvalue weighted by Gasteiger charge is 2.38. The lowest BCUT2D eigenvalue weighted by Gasteiger charge is -2.29. The molecule has 1 aliphatic heterocycles. The molecule has 1 aromatic rings. The zero-order valence-electron chi connectivity index (χ0n) is 10.2. The van der Waals surface area contributed by atoms with Crippen molar-refractivity contribution in [1.29, 1.82) is 0 Å². The van der Waals surface area contributed by atoms with Crippen molar-refractivity contribution >= 4 is 18.0 Å². The molecule has 0 aliphatic carbocycles. The zero-order chi connectivity index (χ0) is 14.2. The van der Waals surface area contributed by atoms with Crippen LogP contribution in [0.4, 0.5) is 8.78 Å². The molecule has 0 N–H and O–H groups in total. The van der Waals surface area contributed by atoms with Crippen LogP contribution in [0.5, 0.6) is 0 Å². The summed E-state index contributed by atoms with van der Waals surface area (Å²) in [5.41, 5.74) is -0.546. The Morgan fingerprint density at radius 1 is 1.11 bits per heavy atom. The van der Waals surface area contributed by atoms with Crippen molar-refractivity contribution in [3.63, 3.8) is 0 Å². The molecule has 0 saturated carbocycles. The van der Waals surface area contributed by atoms with Gasteiger partial charge in [0.25, 0.3) is 5.79 Å². The Hall–Kier alpha value is -2.24. The minimum Gasteiger partial charge on any atom is -0.419 e. The molecule has 100 valence electrons. The maximum Gasteiger partial charge on any atom is 0.348 e. The van der Waals surface area contributed by atoms with Crippen LogP contribution in [0.1, 0.15) is 19.4 Å². The van der Waals surface area contributed by atoms with E-state index in [1.54, 1.807) is 0 Å². The van der Waals surface area contributed by atoms with Crippen molar-refractivity contribution in [2.45, 2.75) is 19.6 Å². The van der Waals surface area contributed by atoms with Gasteiger partial charge in [-0.1, -0.05) is 0 Å². The van der Waals surface area contributed by atoms with Gasteiger partial charge in [0.2, 0.25) is 0 Å². The predicted octanol–water partition coefficient (Wildman–Crippen LogP) is 2.18. The number of benzene rings is 1. The highest BCUT2D eigenvalue weighted by molar-refractivity contribution is 6.18. The molecule has 0 radical (unpaired) electrons. The van der Waals surface area contributed by atoms with Gasteiger partial charge in [0.15, 0.2) is 0 Å². The summed E-state index contributed by atoms with van der Waals surface area (Å²) in [7, 11) is 0. The van der Waals surface area contributed by atoms with Crippen LogP contribution in [0.25, 0.3) is 6.08 Å². The summed E-state index contributed by atoms with van der Waals surface area (Å²) >= 11 is 0. The number of hydrogen-bond donors (Lipinski definition) is 0. The molecule has 1 saturated heterocycles. The van der Waals surface area contributed by atoms with Gasteiger partial charge in [-0.2, -0.15) is 0 Å². The van der Waals surface area contributed by atoms with Crippen LogP contribution < -0.4 is 0 Å². The maximum absolute atomic E-state index is 13.4.